The number of nitrogen functional groups attached to an aromatic ring is 1. The summed E-state index contributed by atoms with van der Waals surface area (Å²) in [5.74, 6) is -2.04. The van der Waals surface area contributed by atoms with Crippen molar-refractivity contribution in [3.8, 4) is 17.2 Å². The van der Waals surface area contributed by atoms with Crippen LogP contribution in [-0.4, -0.2) is 48.3 Å². The second-order valence-electron chi connectivity index (χ2n) is 6.25. The Balaban J connectivity index is 2.51. The predicted octanol–water partition coefficient (Wildman–Crippen LogP) is 2.08. The molecule has 0 aliphatic rings. The van der Waals surface area contributed by atoms with Crippen molar-refractivity contribution < 1.29 is 34.0 Å². The molecule has 2 atom stereocenters. The molecule has 0 bridgehead atoms. The van der Waals surface area contributed by atoms with Crippen molar-refractivity contribution in [1.29, 1.82) is 5.41 Å². The highest BCUT2D eigenvalue weighted by Crippen LogP contribution is 2.39. The molecule has 2 aromatic rings. The number of benzene rings is 2. The van der Waals surface area contributed by atoms with Crippen molar-refractivity contribution in [2.24, 2.45) is 5.73 Å². The van der Waals surface area contributed by atoms with Gasteiger partial charge in [-0.05, 0) is 37.3 Å². The molecule has 6 N–H and O–H groups in total. The normalized spacial score (nSPS) is 12.4. The largest absolute Gasteiger partial charge is 0.493 e. The molecule has 0 heterocycles. The van der Waals surface area contributed by atoms with Gasteiger partial charge in [0.05, 0.1) is 14.2 Å². The summed E-state index contributed by atoms with van der Waals surface area (Å²) in [7, 11) is 2.79. The third kappa shape index (κ3) is 5.10. The van der Waals surface area contributed by atoms with Gasteiger partial charge in [-0.25, -0.2) is 9.59 Å². The van der Waals surface area contributed by atoms with E-state index in [0.717, 1.165) is 0 Å². The van der Waals surface area contributed by atoms with E-state index < -0.39 is 24.1 Å². The molecule has 0 saturated carbocycles. The summed E-state index contributed by atoms with van der Waals surface area (Å²) in [6, 6.07) is 7.79. The number of amidine groups is 1. The van der Waals surface area contributed by atoms with E-state index in [-0.39, 0.29) is 28.6 Å². The zero-order chi connectivity index (χ0) is 22.4. The Labute approximate surface area is 172 Å². The molecule has 10 heteroatoms. The van der Waals surface area contributed by atoms with Gasteiger partial charge in [0.15, 0.2) is 23.6 Å². The molecule has 160 valence electrons. The van der Waals surface area contributed by atoms with Gasteiger partial charge in [-0.3, -0.25) is 5.41 Å². The van der Waals surface area contributed by atoms with Crippen LogP contribution in [0.25, 0.3) is 0 Å². The number of rotatable bonds is 10. The molecular weight excluding hydrogens is 394 g/mol. The van der Waals surface area contributed by atoms with Crippen LogP contribution in [0.1, 0.15) is 24.1 Å². The molecule has 0 aromatic heterocycles. The number of hydrogen-bond acceptors (Lipinski definition) is 7. The number of carboxylic acids is 2. The molecule has 0 fully saturated rings. The van der Waals surface area contributed by atoms with Gasteiger partial charge in [0.1, 0.15) is 11.6 Å². The van der Waals surface area contributed by atoms with Crippen molar-refractivity contribution in [3.05, 3.63) is 47.5 Å². The molecule has 2 aromatic carbocycles. The summed E-state index contributed by atoms with van der Waals surface area (Å²) in [5.41, 5.74) is 6.50. The van der Waals surface area contributed by atoms with E-state index in [2.05, 4.69) is 5.32 Å². The van der Waals surface area contributed by atoms with Gasteiger partial charge in [-0.1, -0.05) is 0 Å². The predicted molar refractivity (Wildman–Crippen MR) is 109 cm³/mol. The number of nitrogens with two attached hydrogens (primary N) is 1. The smallest absolute Gasteiger partial charge is 0.344 e. The van der Waals surface area contributed by atoms with Crippen LogP contribution >= 0.6 is 0 Å². The fourth-order valence-electron chi connectivity index (χ4n) is 2.63. The van der Waals surface area contributed by atoms with Crippen molar-refractivity contribution in [3.63, 3.8) is 0 Å². The average molecular weight is 417 g/mol. The van der Waals surface area contributed by atoms with Gasteiger partial charge < -0.3 is 35.5 Å². The quantitative estimate of drug-likeness (QED) is 0.287. The number of ether oxygens (including phenoxy) is 3. The van der Waals surface area contributed by atoms with Crippen LogP contribution in [0.3, 0.4) is 0 Å². The monoisotopic (exact) mass is 417 g/mol. The molecule has 0 radical (unpaired) electrons. The Morgan fingerprint density at radius 2 is 1.57 bits per heavy atom. The number of anilines is 1. The lowest BCUT2D eigenvalue weighted by atomic mass is 10.0. The third-order valence-electron chi connectivity index (χ3n) is 4.23. The highest BCUT2D eigenvalue weighted by molar-refractivity contribution is 5.95. The molecule has 2 rings (SSSR count). The minimum absolute atomic E-state index is 0.0165. The Bertz CT molecular complexity index is 944. The lowest BCUT2D eigenvalue weighted by molar-refractivity contribution is -0.144. The maximum atomic E-state index is 12.0. The van der Waals surface area contributed by atoms with Crippen LogP contribution in [0, 0.1) is 5.41 Å². The van der Waals surface area contributed by atoms with Gasteiger partial charge in [0, 0.05) is 22.9 Å². The number of carboxylic acid groups (broad SMARTS) is 2. The summed E-state index contributed by atoms with van der Waals surface area (Å²) in [4.78, 5) is 23.3. The fraction of sp³-hybridized carbons (Fsp3) is 0.250. The van der Waals surface area contributed by atoms with Gasteiger partial charge >= 0.3 is 11.9 Å². The van der Waals surface area contributed by atoms with E-state index in [1.165, 1.54) is 33.3 Å². The first kappa shape index (κ1) is 22.3. The fourth-order valence-corrected chi connectivity index (χ4v) is 2.63. The topological polar surface area (TPSA) is 164 Å². The van der Waals surface area contributed by atoms with Crippen molar-refractivity contribution >= 4 is 23.5 Å². The third-order valence-corrected chi connectivity index (χ3v) is 4.23. The molecule has 30 heavy (non-hydrogen) atoms. The van der Waals surface area contributed by atoms with Crippen molar-refractivity contribution in [1.82, 2.24) is 0 Å². The first-order valence-corrected chi connectivity index (χ1v) is 8.77. The first-order chi connectivity index (χ1) is 14.2. The minimum Gasteiger partial charge on any atom is -0.493 e. The molecule has 0 amide bonds. The number of carbonyl (C=O) groups is 2. The molecular formula is C20H23N3O7. The van der Waals surface area contributed by atoms with Crippen LogP contribution in [0.15, 0.2) is 36.4 Å². The summed E-state index contributed by atoms with van der Waals surface area (Å²) in [6.45, 7) is 1.33. The van der Waals surface area contributed by atoms with Crippen LogP contribution in [0.5, 0.6) is 17.2 Å². The highest BCUT2D eigenvalue weighted by Gasteiger charge is 2.28. The second kappa shape index (κ2) is 9.50. The van der Waals surface area contributed by atoms with Crippen LogP contribution in [0.2, 0.25) is 0 Å². The zero-order valence-electron chi connectivity index (χ0n) is 16.6. The Morgan fingerprint density at radius 1 is 1.00 bits per heavy atom. The van der Waals surface area contributed by atoms with Gasteiger partial charge in [-0.2, -0.15) is 0 Å². The maximum Gasteiger partial charge on any atom is 0.344 e. The summed E-state index contributed by atoms with van der Waals surface area (Å²) < 4.78 is 16.0. The number of nitrogens with one attached hydrogen (secondary N) is 2. The Morgan fingerprint density at radius 3 is 2.03 bits per heavy atom. The second-order valence-corrected chi connectivity index (χ2v) is 6.25. The molecule has 10 nitrogen and oxygen atoms in total. The summed E-state index contributed by atoms with van der Waals surface area (Å²) in [6.07, 6.45) is -1.23. The van der Waals surface area contributed by atoms with E-state index in [0.29, 0.717) is 11.3 Å². The SMILES string of the molecule is COc1cc(OC(C)C(=O)O)c([C@@H](Nc2ccc(C(=N)N)cc2)C(=O)O)cc1OC. The number of aliphatic carboxylic acids is 2. The standard InChI is InChI=1S/C20H23N3O7/c1-10(19(24)25)30-14-9-16(29-3)15(28-2)8-13(14)17(20(26)27)23-12-6-4-11(5-7-12)18(21)22/h4-10,17,23H,1-3H3,(H3,21,22)(H,24,25)(H,26,27)/t10?,17-/m1/s1. The lowest BCUT2D eigenvalue weighted by Crippen LogP contribution is -2.26. The van der Waals surface area contributed by atoms with Crippen LogP contribution in [0.4, 0.5) is 5.69 Å². The zero-order valence-corrected chi connectivity index (χ0v) is 16.6. The van der Waals surface area contributed by atoms with E-state index in [9.17, 15) is 19.8 Å². The highest BCUT2D eigenvalue weighted by atomic mass is 16.5. The Kier molecular flexibility index (Phi) is 7.08. The van der Waals surface area contributed by atoms with E-state index in [1.54, 1.807) is 24.3 Å². The van der Waals surface area contributed by atoms with Gasteiger partial charge in [0.2, 0.25) is 0 Å². The Hall–Kier alpha value is -3.95. The van der Waals surface area contributed by atoms with Crippen molar-refractivity contribution in [2.45, 2.75) is 19.1 Å². The number of methoxy groups -OCH3 is 2. The van der Waals surface area contributed by atoms with Crippen LogP contribution in [-0.2, 0) is 9.59 Å². The lowest BCUT2D eigenvalue weighted by Gasteiger charge is -2.22. The van der Waals surface area contributed by atoms with Gasteiger partial charge in [-0.15, -0.1) is 0 Å². The van der Waals surface area contributed by atoms with E-state index in [4.69, 9.17) is 25.4 Å². The van der Waals surface area contributed by atoms with Crippen molar-refractivity contribution in [2.75, 3.05) is 19.5 Å². The van der Waals surface area contributed by atoms with E-state index >= 15 is 0 Å². The maximum absolute atomic E-state index is 12.0. The average Bonchev–Trinajstić information content (AvgIpc) is 2.71. The van der Waals surface area contributed by atoms with Gasteiger partial charge in [0.25, 0.3) is 0 Å². The summed E-state index contributed by atoms with van der Waals surface area (Å²) in [5, 5.41) is 29.3. The molecule has 0 spiro atoms. The summed E-state index contributed by atoms with van der Waals surface area (Å²) >= 11 is 0. The molecule has 1 unspecified atom stereocenters. The molecule has 0 aliphatic heterocycles. The first-order valence-electron chi connectivity index (χ1n) is 8.77. The minimum atomic E-state index is -1.30. The van der Waals surface area contributed by atoms with E-state index in [1.807, 2.05) is 0 Å². The molecule has 0 aliphatic carbocycles. The number of hydrogen-bond donors (Lipinski definition) is 5. The van der Waals surface area contributed by atoms with Crippen LogP contribution < -0.4 is 25.3 Å². The molecule has 0 saturated heterocycles.